The summed E-state index contributed by atoms with van der Waals surface area (Å²) < 4.78 is 10.9. The average Bonchev–Trinajstić information content (AvgIpc) is 3.29. The first kappa shape index (κ1) is 27.9. The molecule has 1 saturated heterocycles. The van der Waals surface area contributed by atoms with Crippen molar-refractivity contribution < 1.29 is 23.9 Å². The minimum atomic E-state index is -0.602. The molecule has 1 aliphatic heterocycles. The van der Waals surface area contributed by atoms with E-state index < -0.39 is 6.04 Å². The molecule has 0 bridgehead atoms. The Bertz CT molecular complexity index is 1510. The number of piperidine rings is 1. The van der Waals surface area contributed by atoms with Crippen molar-refractivity contribution in [3.63, 3.8) is 0 Å². The molecule has 1 saturated carbocycles. The second kappa shape index (κ2) is 11.8. The van der Waals surface area contributed by atoms with E-state index in [-0.39, 0.29) is 48.2 Å². The third-order valence-corrected chi connectivity index (χ3v) is 8.33. The van der Waals surface area contributed by atoms with Crippen LogP contribution in [0.1, 0.15) is 40.6 Å². The summed E-state index contributed by atoms with van der Waals surface area (Å²) in [5.41, 5.74) is 0.979. The van der Waals surface area contributed by atoms with Gasteiger partial charge in [-0.15, -0.1) is 16.3 Å². The lowest BCUT2D eigenvalue weighted by Crippen LogP contribution is -2.50. The number of carbonyl (C=O) groups is 3. The highest BCUT2D eigenvalue weighted by atomic mass is 32.1. The van der Waals surface area contributed by atoms with Crippen LogP contribution < -0.4 is 15.4 Å². The number of ether oxygens (including phenoxy) is 2. The molecule has 0 radical (unpaired) electrons. The maximum atomic E-state index is 13.2. The Balaban J connectivity index is 1.15. The van der Waals surface area contributed by atoms with Gasteiger partial charge in [0.25, 0.3) is 5.91 Å². The molecule has 10 nitrogen and oxygen atoms in total. The molecule has 0 unspecified atom stereocenters. The minimum absolute atomic E-state index is 0.0143. The van der Waals surface area contributed by atoms with Gasteiger partial charge < -0.3 is 25.0 Å². The van der Waals surface area contributed by atoms with E-state index in [0.29, 0.717) is 29.0 Å². The number of methoxy groups -OCH3 is 1. The van der Waals surface area contributed by atoms with Crippen LogP contribution in [0.25, 0.3) is 4.95 Å². The Labute approximate surface area is 241 Å². The van der Waals surface area contributed by atoms with E-state index in [4.69, 9.17) is 16.0 Å². The summed E-state index contributed by atoms with van der Waals surface area (Å²) in [7, 11) is 1.45. The average molecular weight is 572 g/mol. The number of nitrogens with one attached hydrogen (secondary N) is 2. The van der Waals surface area contributed by atoms with Gasteiger partial charge in [-0.2, -0.15) is 6.57 Å². The molecule has 1 aromatic heterocycles. The van der Waals surface area contributed by atoms with Crippen molar-refractivity contribution in [3.05, 3.63) is 93.6 Å². The first-order chi connectivity index (χ1) is 19.8. The van der Waals surface area contributed by atoms with Crippen molar-refractivity contribution in [1.29, 1.82) is 0 Å². The smallest absolute Gasteiger partial charge is 0.302 e. The quantitative estimate of drug-likeness (QED) is 0.173. The predicted molar refractivity (Wildman–Crippen MR) is 153 cm³/mol. The Hall–Kier alpha value is -4.69. The van der Waals surface area contributed by atoms with Crippen molar-refractivity contribution >= 4 is 35.0 Å². The molecule has 3 atom stereocenters. The number of para-hydroxylation sites is 1. The fourth-order valence-electron chi connectivity index (χ4n) is 5.15. The molecular weight excluding hydrogens is 542 g/mol. The molecule has 2 heterocycles. The predicted octanol–water partition coefficient (Wildman–Crippen LogP) is 4.19. The summed E-state index contributed by atoms with van der Waals surface area (Å²) in [6.45, 7) is 9.05. The van der Waals surface area contributed by atoms with Gasteiger partial charge in [-0.25, -0.2) is 0 Å². The number of hydrogen-bond donors (Lipinski definition) is 2. The van der Waals surface area contributed by atoms with E-state index in [0.717, 1.165) is 11.3 Å². The summed E-state index contributed by atoms with van der Waals surface area (Å²) >= 11 is 1.42. The lowest BCUT2D eigenvalue weighted by molar-refractivity contribution is -0.139. The number of benzene rings is 2. The molecule has 3 amide bonds. The molecule has 1 aliphatic carbocycles. The molecule has 41 heavy (non-hydrogen) atoms. The summed E-state index contributed by atoms with van der Waals surface area (Å²) in [5, 5.41) is 11.1. The first-order valence-electron chi connectivity index (χ1n) is 13.1. The highest BCUT2D eigenvalue weighted by Crippen LogP contribution is 2.59. The van der Waals surface area contributed by atoms with Gasteiger partial charge in [0.15, 0.2) is 0 Å². The molecule has 11 heteroatoms. The second-order valence-electron chi connectivity index (χ2n) is 10.2. The maximum Gasteiger partial charge on any atom is 0.302 e. The van der Waals surface area contributed by atoms with Crippen molar-refractivity contribution in [2.75, 3.05) is 13.7 Å². The van der Waals surface area contributed by atoms with Gasteiger partial charge in [-0.05, 0) is 60.7 Å². The molecular formula is C30H29N5O5S. The number of nitrogens with zero attached hydrogens (tertiary/aromatic N) is 3. The number of amides is 3. The number of fused-ring (bicyclic) bond motifs is 1. The standard InChI is InChI=1S/C30H29N5O5S/c1-30-14-24(28(38)32-16-23-13-20(18-41-23)29(39-3)34-31-2)35(25(30)15-30)26(36)17-33-27(37)19-9-11-22(12-10-19)40-21-7-5-4-6-8-21/h4-13,18,24-25H,14-17H2,1,3H3,(H,32,38)(H,33,37)/b34-29+/t24-,25-,30+/m0/s1. The molecule has 2 N–H and O–H groups in total. The van der Waals surface area contributed by atoms with E-state index >= 15 is 0 Å². The summed E-state index contributed by atoms with van der Waals surface area (Å²) in [5.74, 6) is 0.605. The summed E-state index contributed by atoms with van der Waals surface area (Å²) in [4.78, 5) is 44.7. The monoisotopic (exact) mass is 571 g/mol. The van der Waals surface area contributed by atoms with Gasteiger partial charge in [-0.3, -0.25) is 14.4 Å². The third kappa shape index (κ3) is 6.23. The maximum absolute atomic E-state index is 13.2. The van der Waals surface area contributed by atoms with E-state index in [9.17, 15) is 14.4 Å². The van der Waals surface area contributed by atoms with E-state index in [1.54, 1.807) is 29.2 Å². The fraction of sp³-hybridized carbons (Fsp3) is 0.300. The lowest BCUT2D eigenvalue weighted by atomic mass is 10.0. The minimum Gasteiger partial charge on any atom is -0.476 e. The Morgan fingerprint density at radius 2 is 1.80 bits per heavy atom. The first-order valence-corrected chi connectivity index (χ1v) is 14.0. The molecule has 2 aliphatic rings. The number of likely N-dealkylation sites (tertiary alicyclic amines) is 1. The molecule has 0 spiro atoms. The Morgan fingerprint density at radius 3 is 2.51 bits per heavy atom. The Morgan fingerprint density at radius 1 is 1.07 bits per heavy atom. The van der Waals surface area contributed by atoms with E-state index in [1.165, 1.54) is 18.4 Å². The highest BCUT2D eigenvalue weighted by molar-refractivity contribution is 7.10. The van der Waals surface area contributed by atoms with Gasteiger partial charge in [-0.1, -0.05) is 25.1 Å². The van der Waals surface area contributed by atoms with Gasteiger partial charge >= 0.3 is 5.90 Å². The van der Waals surface area contributed by atoms with Crippen LogP contribution in [0, 0.1) is 12.0 Å². The fourth-order valence-corrected chi connectivity index (χ4v) is 5.95. The van der Waals surface area contributed by atoms with Crippen molar-refractivity contribution in [3.8, 4) is 11.5 Å². The van der Waals surface area contributed by atoms with Gasteiger partial charge in [0.1, 0.15) is 22.6 Å². The lowest BCUT2D eigenvalue weighted by Gasteiger charge is -2.27. The van der Waals surface area contributed by atoms with Crippen LogP contribution in [0.3, 0.4) is 0 Å². The summed E-state index contributed by atoms with van der Waals surface area (Å²) in [6.07, 6.45) is 1.42. The zero-order chi connectivity index (χ0) is 29.0. The third-order valence-electron chi connectivity index (χ3n) is 7.39. The molecule has 3 aromatic rings. The van der Waals surface area contributed by atoms with Crippen LogP contribution in [0.4, 0.5) is 0 Å². The SMILES string of the molecule is [C-]#[N+]/N=C(/OC)c1csc(CNC(=O)[C@@H]2C[C@]3(C)C[C@@H]3N2C(=O)CNC(=O)c2ccc(Oc3ccccc3)cc2)c1. The number of carbonyl (C=O) groups excluding carboxylic acids is 3. The number of thiophene rings is 1. The summed E-state index contributed by atoms with van der Waals surface area (Å²) in [6, 6.07) is 17.2. The van der Waals surface area contributed by atoms with Crippen LogP contribution >= 0.6 is 11.3 Å². The van der Waals surface area contributed by atoms with Gasteiger partial charge in [0.05, 0.1) is 25.8 Å². The van der Waals surface area contributed by atoms with Crippen LogP contribution in [0.2, 0.25) is 0 Å². The van der Waals surface area contributed by atoms with Crippen LogP contribution in [0.5, 0.6) is 11.5 Å². The number of hydrogen-bond acceptors (Lipinski definition) is 7. The van der Waals surface area contributed by atoms with E-state index in [1.807, 2.05) is 41.8 Å². The highest BCUT2D eigenvalue weighted by Gasteiger charge is 2.64. The van der Waals surface area contributed by atoms with Crippen LogP contribution in [-0.4, -0.2) is 54.3 Å². The van der Waals surface area contributed by atoms with Gasteiger partial charge in [0, 0.05) is 21.9 Å². The van der Waals surface area contributed by atoms with Crippen molar-refractivity contribution in [1.82, 2.24) is 15.5 Å². The molecule has 5 rings (SSSR count). The van der Waals surface area contributed by atoms with Crippen molar-refractivity contribution in [2.24, 2.45) is 10.5 Å². The number of rotatable bonds is 9. The van der Waals surface area contributed by atoms with Gasteiger partial charge in [0.2, 0.25) is 11.8 Å². The largest absolute Gasteiger partial charge is 0.476 e. The molecule has 2 fully saturated rings. The molecule has 210 valence electrons. The zero-order valence-electron chi connectivity index (χ0n) is 22.6. The normalized spacial score (nSPS) is 20.9. The van der Waals surface area contributed by atoms with E-state index in [2.05, 4.69) is 27.6 Å². The van der Waals surface area contributed by atoms with Crippen LogP contribution in [0.15, 0.2) is 71.1 Å². The topological polar surface area (TPSA) is 114 Å². The molecule has 2 aromatic carbocycles. The Kier molecular flexibility index (Phi) is 8.03. The van der Waals surface area contributed by atoms with Crippen molar-refractivity contribution in [2.45, 2.75) is 38.4 Å². The van der Waals surface area contributed by atoms with Crippen LogP contribution in [-0.2, 0) is 20.9 Å². The zero-order valence-corrected chi connectivity index (χ0v) is 23.4. The second-order valence-corrected chi connectivity index (χ2v) is 11.2.